The van der Waals surface area contributed by atoms with Gasteiger partial charge in [0.25, 0.3) is 0 Å². The second-order valence-corrected chi connectivity index (χ2v) is 6.15. The molecule has 3 heteroatoms. The van der Waals surface area contributed by atoms with Crippen LogP contribution in [0.2, 0.25) is 0 Å². The Balaban J connectivity index is 1.63. The molecule has 0 radical (unpaired) electrons. The van der Waals surface area contributed by atoms with Gasteiger partial charge >= 0.3 is 0 Å². The molecule has 3 nitrogen and oxygen atoms in total. The number of hydrogen-bond donors (Lipinski definition) is 0. The molecule has 3 rings (SSSR count). The van der Waals surface area contributed by atoms with Gasteiger partial charge in [-0.2, -0.15) is 0 Å². The summed E-state index contributed by atoms with van der Waals surface area (Å²) in [7, 11) is 0. The van der Waals surface area contributed by atoms with E-state index >= 15 is 0 Å². The number of benzene rings is 1. The van der Waals surface area contributed by atoms with Gasteiger partial charge in [0.15, 0.2) is 0 Å². The summed E-state index contributed by atoms with van der Waals surface area (Å²) in [5, 5.41) is 0. The summed E-state index contributed by atoms with van der Waals surface area (Å²) in [6.07, 6.45) is 5.85. The van der Waals surface area contributed by atoms with E-state index < -0.39 is 0 Å². The molecule has 21 heavy (non-hydrogen) atoms. The highest BCUT2D eigenvalue weighted by atomic mass is 15.2. The predicted molar refractivity (Wildman–Crippen MR) is 86.8 cm³/mol. The van der Waals surface area contributed by atoms with Crippen LogP contribution in [0.1, 0.15) is 49.7 Å². The van der Waals surface area contributed by atoms with Gasteiger partial charge in [0.1, 0.15) is 12.1 Å². The van der Waals surface area contributed by atoms with Crippen molar-refractivity contribution in [3.63, 3.8) is 0 Å². The molecule has 1 aromatic heterocycles. The van der Waals surface area contributed by atoms with Crippen molar-refractivity contribution in [1.82, 2.24) is 9.97 Å². The first-order chi connectivity index (χ1) is 10.2. The number of aromatic nitrogens is 2. The highest BCUT2D eigenvalue weighted by Gasteiger charge is 2.21. The van der Waals surface area contributed by atoms with E-state index in [0.29, 0.717) is 11.8 Å². The van der Waals surface area contributed by atoms with Gasteiger partial charge in [-0.25, -0.2) is 9.97 Å². The summed E-state index contributed by atoms with van der Waals surface area (Å²) < 4.78 is 0. The van der Waals surface area contributed by atoms with Crippen LogP contribution in [0.3, 0.4) is 0 Å². The van der Waals surface area contributed by atoms with Crippen molar-refractivity contribution < 1.29 is 0 Å². The van der Waals surface area contributed by atoms with Gasteiger partial charge in [0.2, 0.25) is 0 Å². The van der Waals surface area contributed by atoms with Crippen LogP contribution in [0.25, 0.3) is 0 Å². The molecule has 110 valence electrons. The van der Waals surface area contributed by atoms with Crippen LogP contribution in [-0.4, -0.2) is 23.1 Å². The Morgan fingerprint density at radius 2 is 1.76 bits per heavy atom. The molecule has 1 fully saturated rings. The minimum atomic E-state index is 0.610. The molecule has 1 aliphatic rings. The van der Waals surface area contributed by atoms with E-state index in [1.807, 2.05) is 12.3 Å². The summed E-state index contributed by atoms with van der Waals surface area (Å²) in [6.45, 7) is 6.64. The topological polar surface area (TPSA) is 29.0 Å². The van der Waals surface area contributed by atoms with E-state index in [0.717, 1.165) is 18.9 Å². The van der Waals surface area contributed by atoms with E-state index in [9.17, 15) is 0 Å². The van der Waals surface area contributed by atoms with Crippen LogP contribution in [-0.2, 0) is 0 Å². The van der Waals surface area contributed by atoms with E-state index in [1.54, 1.807) is 6.33 Å². The molecule has 1 aromatic carbocycles. The molecule has 0 atom stereocenters. The second-order valence-electron chi connectivity index (χ2n) is 6.15. The highest BCUT2D eigenvalue weighted by Crippen LogP contribution is 2.30. The lowest BCUT2D eigenvalue weighted by Gasteiger charge is -2.33. The van der Waals surface area contributed by atoms with Crippen molar-refractivity contribution in [3.8, 4) is 0 Å². The lowest BCUT2D eigenvalue weighted by Crippen LogP contribution is -2.33. The third-order valence-corrected chi connectivity index (χ3v) is 4.46. The molecule has 0 bridgehead atoms. The normalized spacial score (nSPS) is 16.4. The number of nitrogens with zero attached hydrogens (tertiary/aromatic N) is 3. The largest absolute Gasteiger partial charge is 0.356 e. The summed E-state index contributed by atoms with van der Waals surface area (Å²) in [6, 6.07) is 11.2. The maximum atomic E-state index is 4.35. The summed E-state index contributed by atoms with van der Waals surface area (Å²) in [5.74, 6) is 2.35. The zero-order valence-corrected chi connectivity index (χ0v) is 12.9. The molecule has 0 saturated carbocycles. The predicted octanol–water partition coefficient (Wildman–Crippen LogP) is 3.98. The van der Waals surface area contributed by atoms with Crippen LogP contribution >= 0.6 is 0 Å². The molecule has 1 aliphatic heterocycles. The Morgan fingerprint density at radius 1 is 1.05 bits per heavy atom. The minimum absolute atomic E-state index is 0.610. The fourth-order valence-electron chi connectivity index (χ4n) is 3.07. The van der Waals surface area contributed by atoms with Gasteiger partial charge in [0.05, 0.1) is 0 Å². The summed E-state index contributed by atoms with van der Waals surface area (Å²) in [5.41, 5.74) is 2.92. The number of hydrogen-bond acceptors (Lipinski definition) is 3. The Hall–Kier alpha value is -1.90. The SMILES string of the molecule is CC(C)c1ccc(C2CCN(c3ccncn3)CC2)cc1. The zero-order valence-electron chi connectivity index (χ0n) is 12.9. The summed E-state index contributed by atoms with van der Waals surface area (Å²) >= 11 is 0. The number of piperidine rings is 1. The molecule has 2 aromatic rings. The van der Waals surface area contributed by atoms with Crippen molar-refractivity contribution >= 4 is 5.82 Å². The molecule has 0 amide bonds. The number of anilines is 1. The van der Waals surface area contributed by atoms with Crippen LogP contribution < -0.4 is 4.90 Å². The lowest BCUT2D eigenvalue weighted by atomic mass is 9.88. The van der Waals surface area contributed by atoms with Gasteiger partial charge in [-0.15, -0.1) is 0 Å². The maximum Gasteiger partial charge on any atom is 0.131 e. The minimum Gasteiger partial charge on any atom is -0.356 e. The Kier molecular flexibility index (Phi) is 4.18. The zero-order chi connectivity index (χ0) is 14.7. The van der Waals surface area contributed by atoms with Crippen LogP contribution in [0.4, 0.5) is 5.82 Å². The van der Waals surface area contributed by atoms with Crippen molar-refractivity contribution in [1.29, 1.82) is 0 Å². The van der Waals surface area contributed by atoms with E-state index in [-0.39, 0.29) is 0 Å². The molecule has 0 aliphatic carbocycles. The molecule has 0 N–H and O–H groups in total. The third-order valence-electron chi connectivity index (χ3n) is 4.46. The Morgan fingerprint density at radius 3 is 2.33 bits per heavy atom. The summed E-state index contributed by atoms with van der Waals surface area (Å²) in [4.78, 5) is 10.7. The van der Waals surface area contributed by atoms with Crippen LogP contribution in [0.5, 0.6) is 0 Å². The standard InChI is InChI=1S/C18H23N3/c1-14(2)15-3-5-16(6-4-15)17-8-11-21(12-9-17)18-7-10-19-13-20-18/h3-7,10,13-14,17H,8-9,11-12H2,1-2H3. The Bertz CT molecular complexity index is 555. The first-order valence-corrected chi connectivity index (χ1v) is 7.85. The van der Waals surface area contributed by atoms with E-state index in [4.69, 9.17) is 0 Å². The van der Waals surface area contributed by atoms with Crippen molar-refractivity contribution in [2.24, 2.45) is 0 Å². The number of rotatable bonds is 3. The molecular weight excluding hydrogens is 258 g/mol. The molecule has 0 spiro atoms. The molecule has 2 heterocycles. The van der Waals surface area contributed by atoms with Crippen molar-refractivity contribution in [2.45, 2.75) is 38.5 Å². The smallest absolute Gasteiger partial charge is 0.131 e. The van der Waals surface area contributed by atoms with Gasteiger partial charge in [-0.05, 0) is 41.9 Å². The van der Waals surface area contributed by atoms with Gasteiger partial charge in [-0.3, -0.25) is 0 Å². The van der Waals surface area contributed by atoms with Crippen LogP contribution in [0.15, 0.2) is 42.9 Å². The monoisotopic (exact) mass is 281 g/mol. The van der Waals surface area contributed by atoms with Crippen LogP contribution in [0, 0.1) is 0 Å². The van der Waals surface area contributed by atoms with E-state index in [2.05, 4.69) is 53.0 Å². The van der Waals surface area contributed by atoms with Crippen molar-refractivity contribution in [3.05, 3.63) is 54.0 Å². The maximum absolute atomic E-state index is 4.35. The third kappa shape index (κ3) is 3.23. The molecule has 0 unspecified atom stereocenters. The molecule has 1 saturated heterocycles. The van der Waals surface area contributed by atoms with E-state index in [1.165, 1.54) is 24.0 Å². The lowest BCUT2D eigenvalue weighted by molar-refractivity contribution is 0.502. The van der Waals surface area contributed by atoms with Crippen molar-refractivity contribution in [2.75, 3.05) is 18.0 Å². The van der Waals surface area contributed by atoms with Gasteiger partial charge < -0.3 is 4.90 Å². The van der Waals surface area contributed by atoms with Gasteiger partial charge in [0, 0.05) is 19.3 Å². The first-order valence-electron chi connectivity index (χ1n) is 7.85. The highest BCUT2D eigenvalue weighted by molar-refractivity contribution is 5.38. The average molecular weight is 281 g/mol. The average Bonchev–Trinajstić information content (AvgIpc) is 2.56. The molecular formula is C18H23N3. The fourth-order valence-corrected chi connectivity index (χ4v) is 3.07. The van der Waals surface area contributed by atoms with Gasteiger partial charge in [-0.1, -0.05) is 38.1 Å². The second kappa shape index (κ2) is 6.25. The Labute approximate surface area is 127 Å². The quantitative estimate of drug-likeness (QED) is 0.852. The first kappa shape index (κ1) is 14.1. The fraction of sp³-hybridized carbons (Fsp3) is 0.444.